The minimum atomic E-state index is -0.758. The summed E-state index contributed by atoms with van der Waals surface area (Å²) in [5.74, 6) is -1.44. The van der Waals surface area contributed by atoms with Crippen molar-refractivity contribution in [2.45, 2.75) is 76.8 Å². The zero-order valence-corrected chi connectivity index (χ0v) is 19.6. The van der Waals surface area contributed by atoms with Crippen LogP contribution in [0.1, 0.15) is 45.0 Å². The fourth-order valence-corrected chi connectivity index (χ4v) is 5.26. The number of aryl methyl sites for hydroxylation is 1. The quantitative estimate of drug-likeness (QED) is 0.650. The van der Waals surface area contributed by atoms with Gasteiger partial charge in [-0.1, -0.05) is 6.07 Å². The third-order valence-corrected chi connectivity index (χ3v) is 6.49. The first-order valence-electron chi connectivity index (χ1n) is 10.7. The Labute approximate surface area is 192 Å². The van der Waals surface area contributed by atoms with Crippen LogP contribution in [0.15, 0.2) is 30.5 Å². The van der Waals surface area contributed by atoms with Gasteiger partial charge < -0.3 is 28.3 Å². The van der Waals surface area contributed by atoms with Gasteiger partial charge in [0.1, 0.15) is 18.3 Å². The number of nitriles is 1. The third-order valence-electron chi connectivity index (χ3n) is 6.09. The Morgan fingerprint density at radius 1 is 1.09 bits per heavy atom. The van der Waals surface area contributed by atoms with Crippen LogP contribution < -0.4 is 0 Å². The smallest absolute Gasteiger partial charge is 0.189 e. The summed E-state index contributed by atoms with van der Waals surface area (Å²) >= 11 is 5.92. The molecule has 0 unspecified atom stereocenters. The van der Waals surface area contributed by atoms with Crippen LogP contribution in [0.5, 0.6) is 0 Å². The monoisotopic (exact) mass is 457 g/mol. The Morgan fingerprint density at radius 3 is 2.56 bits per heavy atom. The first-order valence-corrected chi connectivity index (χ1v) is 11.1. The molecule has 170 valence electrons. The lowest BCUT2D eigenvalue weighted by Crippen LogP contribution is -2.40. The summed E-state index contributed by atoms with van der Waals surface area (Å²) < 4.78 is 35.1. The summed E-state index contributed by atoms with van der Waals surface area (Å²) in [5, 5.41) is 9.31. The van der Waals surface area contributed by atoms with Crippen molar-refractivity contribution >= 4 is 12.2 Å². The predicted molar refractivity (Wildman–Crippen MR) is 117 cm³/mol. The standard InChI is InChI=1S/C23H27N3O5S/c1-13-11-25(21(32)26(13)15-8-6-7-14(9-15)10-24)17-18(16-12-27-22(2,3)29-16)28-20-19(17)30-23(4,5)31-20/h6-9,11,16-20H,12H2,1-5H3/t16-,17+,18-,19-,20-/m1/s1. The van der Waals surface area contributed by atoms with E-state index in [2.05, 4.69) is 6.07 Å². The van der Waals surface area contributed by atoms with Crippen molar-refractivity contribution in [3.8, 4) is 11.8 Å². The highest BCUT2D eigenvalue weighted by atomic mass is 32.1. The molecule has 3 fully saturated rings. The van der Waals surface area contributed by atoms with E-state index in [-0.39, 0.29) is 24.4 Å². The topological polar surface area (TPSA) is 79.8 Å². The molecular weight excluding hydrogens is 430 g/mol. The average molecular weight is 458 g/mol. The second-order valence-corrected chi connectivity index (χ2v) is 9.75. The lowest BCUT2D eigenvalue weighted by Gasteiger charge is -2.29. The summed E-state index contributed by atoms with van der Waals surface area (Å²) in [7, 11) is 0. The Balaban J connectivity index is 1.57. The van der Waals surface area contributed by atoms with Gasteiger partial charge in [0.15, 0.2) is 22.6 Å². The number of rotatable bonds is 3. The highest BCUT2D eigenvalue weighted by Crippen LogP contribution is 2.46. The van der Waals surface area contributed by atoms with Crippen molar-refractivity contribution < 1.29 is 23.7 Å². The van der Waals surface area contributed by atoms with Crippen LogP contribution in [0.4, 0.5) is 0 Å². The molecule has 4 heterocycles. The average Bonchev–Trinajstić information content (AvgIpc) is 3.41. The highest BCUT2D eigenvalue weighted by Gasteiger charge is 2.59. The highest BCUT2D eigenvalue weighted by molar-refractivity contribution is 7.71. The number of aromatic nitrogens is 2. The number of nitrogens with zero attached hydrogens (tertiary/aromatic N) is 3. The Hall–Kier alpha value is -2.06. The van der Waals surface area contributed by atoms with Gasteiger partial charge in [0.25, 0.3) is 0 Å². The second kappa shape index (κ2) is 7.48. The van der Waals surface area contributed by atoms with Gasteiger partial charge in [0.05, 0.1) is 24.3 Å². The van der Waals surface area contributed by atoms with E-state index in [9.17, 15) is 5.26 Å². The van der Waals surface area contributed by atoms with Gasteiger partial charge in [-0.05, 0) is 65.0 Å². The molecule has 2 aromatic rings. The van der Waals surface area contributed by atoms with Gasteiger partial charge in [-0.2, -0.15) is 5.26 Å². The lowest BCUT2D eigenvalue weighted by molar-refractivity contribution is -0.225. The van der Waals surface area contributed by atoms with Crippen molar-refractivity contribution in [2.75, 3.05) is 6.61 Å². The molecule has 0 aliphatic carbocycles. The number of benzene rings is 1. The zero-order chi connectivity index (χ0) is 22.8. The van der Waals surface area contributed by atoms with Gasteiger partial charge in [-0.25, -0.2) is 0 Å². The van der Waals surface area contributed by atoms with E-state index in [4.69, 9.17) is 35.9 Å². The molecule has 0 radical (unpaired) electrons. The molecule has 32 heavy (non-hydrogen) atoms. The summed E-state index contributed by atoms with van der Waals surface area (Å²) in [5.41, 5.74) is 2.35. The molecule has 0 spiro atoms. The summed E-state index contributed by atoms with van der Waals surface area (Å²) in [4.78, 5) is 0. The number of hydrogen-bond donors (Lipinski definition) is 0. The van der Waals surface area contributed by atoms with Gasteiger partial charge in [-0.3, -0.25) is 4.57 Å². The number of hydrogen-bond acceptors (Lipinski definition) is 7. The van der Waals surface area contributed by atoms with Crippen LogP contribution in [0.2, 0.25) is 0 Å². The minimum Gasteiger partial charge on any atom is -0.348 e. The molecule has 1 aromatic heterocycles. The number of fused-ring (bicyclic) bond motifs is 1. The molecule has 0 N–H and O–H groups in total. The van der Waals surface area contributed by atoms with Crippen molar-refractivity contribution in [3.05, 3.63) is 46.5 Å². The van der Waals surface area contributed by atoms with E-state index in [1.165, 1.54) is 0 Å². The summed E-state index contributed by atoms with van der Waals surface area (Å²) in [6.07, 6.45) is 0.466. The fourth-order valence-electron chi connectivity index (χ4n) is 4.84. The van der Waals surface area contributed by atoms with E-state index in [1.807, 2.05) is 68.1 Å². The molecule has 3 saturated heterocycles. The molecule has 3 aliphatic rings. The molecule has 0 bridgehead atoms. The first-order chi connectivity index (χ1) is 15.1. The largest absolute Gasteiger partial charge is 0.348 e. The van der Waals surface area contributed by atoms with E-state index < -0.39 is 17.9 Å². The zero-order valence-electron chi connectivity index (χ0n) is 18.8. The van der Waals surface area contributed by atoms with Gasteiger partial charge in [-0.15, -0.1) is 0 Å². The maximum absolute atomic E-state index is 9.31. The van der Waals surface area contributed by atoms with Crippen LogP contribution in [0, 0.1) is 23.0 Å². The Morgan fingerprint density at radius 2 is 1.88 bits per heavy atom. The van der Waals surface area contributed by atoms with Crippen molar-refractivity contribution in [2.24, 2.45) is 0 Å². The van der Waals surface area contributed by atoms with Crippen LogP contribution in [-0.4, -0.2) is 51.9 Å². The molecule has 5 rings (SSSR count). The molecule has 0 amide bonds. The number of imidazole rings is 1. The molecule has 0 saturated carbocycles. The fraction of sp³-hybridized carbons (Fsp3) is 0.565. The molecule has 3 aliphatic heterocycles. The van der Waals surface area contributed by atoms with E-state index in [0.29, 0.717) is 16.9 Å². The normalized spacial score (nSPS) is 32.7. The second-order valence-electron chi connectivity index (χ2n) is 9.38. The van der Waals surface area contributed by atoms with E-state index in [1.54, 1.807) is 6.07 Å². The maximum Gasteiger partial charge on any atom is 0.189 e. The maximum atomic E-state index is 9.31. The summed E-state index contributed by atoms with van der Waals surface area (Å²) in [6, 6.07) is 9.31. The van der Waals surface area contributed by atoms with Gasteiger partial charge in [0.2, 0.25) is 0 Å². The minimum absolute atomic E-state index is 0.268. The summed E-state index contributed by atoms with van der Waals surface area (Å²) in [6.45, 7) is 9.94. The Bertz CT molecular complexity index is 1150. The third kappa shape index (κ3) is 3.61. The molecule has 1 aromatic carbocycles. The molecule has 9 heteroatoms. The van der Waals surface area contributed by atoms with Crippen molar-refractivity contribution in [1.29, 1.82) is 5.26 Å². The first kappa shape index (κ1) is 21.8. The lowest BCUT2D eigenvalue weighted by atomic mass is 10.0. The van der Waals surface area contributed by atoms with Crippen molar-refractivity contribution in [1.82, 2.24) is 9.13 Å². The molecular formula is C23H27N3O5S. The van der Waals surface area contributed by atoms with Crippen molar-refractivity contribution in [3.63, 3.8) is 0 Å². The SMILES string of the molecule is Cc1cn([C@@H]2[C@H]3OC(C)(C)O[C@H]3O[C@@H]2[C@H]2COC(C)(C)O2)c(=S)n1-c1cccc(C#N)c1. The Kier molecular flexibility index (Phi) is 5.09. The van der Waals surface area contributed by atoms with Crippen LogP contribution in [-0.2, 0) is 23.7 Å². The number of ether oxygens (including phenoxy) is 5. The predicted octanol–water partition coefficient (Wildman–Crippen LogP) is 3.76. The molecule has 8 nitrogen and oxygen atoms in total. The van der Waals surface area contributed by atoms with Gasteiger partial charge >= 0.3 is 0 Å². The van der Waals surface area contributed by atoms with Crippen LogP contribution in [0.3, 0.4) is 0 Å². The van der Waals surface area contributed by atoms with Gasteiger partial charge in [0, 0.05) is 17.6 Å². The van der Waals surface area contributed by atoms with E-state index >= 15 is 0 Å². The van der Waals surface area contributed by atoms with E-state index in [0.717, 1.165) is 11.4 Å². The van der Waals surface area contributed by atoms with Crippen LogP contribution in [0.25, 0.3) is 5.69 Å². The molecule has 5 atom stereocenters. The van der Waals surface area contributed by atoms with Crippen LogP contribution >= 0.6 is 12.2 Å².